The first kappa shape index (κ1) is 12.4. The van der Waals surface area contributed by atoms with Crippen LogP contribution >= 0.6 is 0 Å². The first-order valence-electron chi connectivity index (χ1n) is 6.90. The SMILES string of the molecule is CCc1ccc(Cn2ncnc2[C@@H]2CCOC2)cc1. The number of ether oxygens (including phenoxy) is 1. The Morgan fingerprint density at radius 1 is 1.26 bits per heavy atom. The molecule has 4 nitrogen and oxygen atoms in total. The van der Waals surface area contributed by atoms with Gasteiger partial charge in [0.05, 0.1) is 13.2 Å². The highest BCUT2D eigenvalue weighted by Crippen LogP contribution is 2.23. The molecule has 0 amide bonds. The third-order valence-corrected chi connectivity index (χ3v) is 3.70. The smallest absolute Gasteiger partial charge is 0.138 e. The number of aryl methyl sites for hydroxylation is 1. The van der Waals surface area contributed by atoms with Crippen molar-refractivity contribution < 1.29 is 4.74 Å². The van der Waals surface area contributed by atoms with Gasteiger partial charge in [-0.05, 0) is 24.0 Å². The predicted molar refractivity (Wildman–Crippen MR) is 73.1 cm³/mol. The quantitative estimate of drug-likeness (QED) is 0.844. The Labute approximate surface area is 113 Å². The molecule has 1 aromatic heterocycles. The molecular weight excluding hydrogens is 238 g/mol. The average molecular weight is 257 g/mol. The van der Waals surface area contributed by atoms with Gasteiger partial charge in [0, 0.05) is 12.5 Å². The molecule has 3 rings (SSSR count). The summed E-state index contributed by atoms with van der Waals surface area (Å²) in [4.78, 5) is 4.40. The number of benzene rings is 1. The molecule has 4 heteroatoms. The predicted octanol–water partition coefficient (Wildman–Crippen LogP) is 2.39. The van der Waals surface area contributed by atoms with Gasteiger partial charge < -0.3 is 4.74 Å². The monoisotopic (exact) mass is 257 g/mol. The first-order chi connectivity index (χ1) is 9.36. The lowest BCUT2D eigenvalue weighted by molar-refractivity contribution is 0.192. The van der Waals surface area contributed by atoms with Gasteiger partial charge in [-0.2, -0.15) is 5.10 Å². The zero-order valence-electron chi connectivity index (χ0n) is 11.2. The molecule has 0 spiro atoms. The third kappa shape index (κ3) is 2.68. The number of nitrogens with zero attached hydrogens (tertiary/aromatic N) is 3. The minimum absolute atomic E-state index is 0.400. The highest BCUT2D eigenvalue weighted by atomic mass is 16.5. The van der Waals surface area contributed by atoms with Crippen LogP contribution in [0.15, 0.2) is 30.6 Å². The summed E-state index contributed by atoms with van der Waals surface area (Å²) in [5, 5.41) is 4.35. The summed E-state index contributed by atoms with van der Waals surface area (Å²) in [6.45, 7) is 4.57. The standard InChI is InChI=1S/C15H19N3O/c1-2-12-3-5-13(6-4-12)9-18-15(16-11-17-18)14-7-8-19-10-14/h3-6,11,14H,2,7-10H2,1H3/t14-/m1/s1. The van der Waals surface area contributed by atoms with Gasteiger partial charge >= 0.3 is 0 Å². The van der Waals surface area contributed by atoms with Crippen molar-refractivity contribution in [1.29, 1.82) is 0 Å². The molecule has 19 heavy (non-hydrogen) atoms. The van der Waals surface area contributed by atoms with Gasteiger partial charge in [-0.1, -0.05) is 31.2 Å². The Balaban J connectivity index is 1.77. The summed E-state index contributed by atoms with van der Waals surface area (Å²) < 4.78 is 7.44. The summed E-state index contributed by atoms with van der Waals surface area (Å²) in [7, 11) is 0. The highest BCUT2D eigenvalue weighted by Gasteiger charge is 2.22. The molecule has 1 atom stereocenters. The number of hydrogen-bond acceptors (Lipinski definition) is 3. The summed E-state index contributed by atoms with van der Waals surface area (Å²) in [6.07, 6.45) is 3.77. The van der Waals surface area contributed by atoms with Crippen molar-refractivity contribution in [2.75, 3.05) is 13.2 Å². The van der Waals surface area contributed by atoms with E-state index in [2.05, 4.69) is 41.3 Å². The fraction of sp³-hybridized carbons (Fsp3) is 0.467. The van der Waals surface area contributed by atoms with E-state index in [1.807, 2.05) is 4.68 Å². The van der Waals surface area contributed by atoms with E-state index in [4.69, 9.17) is 4.74 Å². The number of rotatable bonds is 4. The summed E-state index contributed by atoms with van der Waals surface area (Å²) in [5.74, 6) is 1.45. The Kier molecular flexibility index (Phi) is 3.60. The molecule has 1 aliphatic rings. The maximum Gasteiger partial charge on any atom is 0.138 e. The van der Waals surface area contributed by atoms with Crippen LogP contribution in [0.4, 0.5) is 0 Å². The summed E-state index contributed by atoms with van der Waals surface area (Å²) >= 11 is 0. The maximum absolute atomic E-state index is 5.44. The van der Waals surface area contributed by atoms with Crippen LogP contribution in [0, 0.1) is 0 Å². The van der Waals surface area contributed by atoms with E-state index in [1.54, 1.807) is 6.33 Å². The number of hydrogen-bond donors (Lipinski definition) is 0. The minimum atomic E-state index is 0.400. The normalized spacial score (nSPS) is 18.9. The molecule has 1 aromatic carbocycles. The first-order valence-corrected chi connectivity index (χ1v) is 6.90. The minimum Gasteiger partial charge on any atom is -0.381 e. The fourth-order valence-corrected chi connectivity index (χ4v) is 2.50. The molecule has 2 aromatic rings. The zero-order chi connectivity index (χ0) is 13.1. The average Bonchev–Trinajstić information content (AvgIpc) is 3.10. The van der Waals surface area contributed by atoms with E-state index in [-0.39, 0.29) is 0 Å². The molecule has 2 heterocycles. The molecule has 1 aliphatic heterocycles. The number of aromatic nitrogens is 3. The zero-order valence-corrected chi connectivity index (χ0v) is 11.2. The molecule has 1 fully saturated rings. The Morgan fingerprint density at radius 3 is 2.74 bits per heavy atom. The van der Waals surface area contributed by atoms with Gasteiger partial charge in [-0.3, -0.25) is 0 Å². The van der Waals surface area contributed by atoms with Crippen molar-refractivity contribution >= 4 is 0 Å². The summed E-state index contributed by atoms with van der Waals surface area (Å²) in [5.41, 5.74) is 2.63. The molecule has 1 saturated heterocycles. The van der Waals surface area contributed by atoms with Crippen molar-refractivity contribution in [2.45, 2.75) is 32.2 Å². The van der Waals surface area contributed by atoms with Crippen LogP contribution in [0.1, 0.15) is 36.2 Å². The molecule has 0 N–H and O–H groups in total. The van der Waals surface area contributed by atoms with Crippen molar-refractivity contribution in [1.82, 2.24) is 14.8 Å². The second-order valence-electron chi connectivity index (χ2n) is 5.01. The van der Waals surface area contributed by atoms with E-state index in [0.29, 0.717) is 5.92 Å². The Morgan fingerprint density at radius 2 is 2.05 bits per heavy atom. The lowest BCUT2D eigenvalue weighted by atomic mass is 10.1. The fourth-order valence-electron chi connectivity index (χ4n) is 2.50. The molecule has 0 bridgehead atoms. The van der Waals surface area contributed by atoms with E-state index in [1.165, 1.54) is 11.1 Å². The van der Waals surface area contributed by atoms with Gasteiger partial charge in [-0.15, -0.1) is 0 Å². The van der Waals surface area contributed by atoms with E-state index in [9.17, 15) is 0 Å². The van der Waals surface area contributed by atoms with Gasteiger partial charge in [-0.25, -0.2) is 9.67 Å². The van der Waals surface area contributed by atoms with Crippen molar-refractivity contribution in [3.63, 3.8) is 0 Å². The lowest BCUT2D eigenvalue weighted by Crippen LogP contribution is -2.11. The highest BCUT2D eigenvalue weighted by molar-refractivity contribution is 5.22. The van der Waals surface area contributed by atoms with E-state index in [0.717, 1.165) is 38.4 Å². The molecule has 0 aliphatic carbocycles. The van der Waals surface area contributed by atoms with Crippen LogP contribution in [0.25, 0.3) is 0 Å². The second-order valence-corrected chi connectivity index (χ2v) is 5.01. The van der Waals surface area contributed by atoms with Crippen molar-refractivity contribution in [3.05, 3.63) is 47.5 Å². The van der Waals surface area contributed by atoms with Crippen molar-refractivity contribution in [2.24, 2.45) is 0 Å². The van der Waals surface area contributed by atoms with Crippen LogP contribution < -0.4 is 0 Å². The van der Waals surface area contributed by atoms with Crippen LogP contribution in [0.5, 0.6) is 0 Å². The van der Waals surface area contributed by atoms with Crippen molar-refractivity contribution in [3.8, 4) is 0 Å². The van der Waals surface area contributed by atoms with Gasteiger partial charge in [0.1, 0.15) is 12.2 Å². The van der Waals surface area contributed by atoms with E-state index < -0.39 is 0 Å². The maximum atomic E-state index is 5.44. The lowest BCUT2D eigenvalue weighted by Gasteiger charge is -2.10. The molecule has 0 unspecified atom stereocenters. The van der Waals surface area contributed by atoms with Crippen LogP contribution in [0.3, 0.4) is 0 Å². The molecular formula is C15H19N3O. The van der Waals surface area contributed by atoms with Crippen LogP contribution in [-0.4, -0.2) is 28.0 Å². The largest absolute Gasteiger partial charge is 0.381 e. The van der Waals surface area contributed by atoms with Gasteiger partial charge in [0.15, 0.2) is 0 Å². The van der Waals surface area contributed by atoms with Crippen LogP contribution in [0.2, 0.25) is 0 Å². The Bertz CT molecular complexity index is 527. The molecule has 100 valence electrons. The topological polar surface area (TPSA) is 39.9 Å². The molecule has 0 saturated carbocycles. The second kappa shape index (κ2) is 5.53. The van der Waals surface area contributed by atoms with Crippen LogP contribution in [-0.2, 0) is 17.7 Å². The van der Waals surface area contributed by atoms with Gasteiger partial charge in [0.25, 0.3) is 0 Å². The van der Waals surface area contributed by atoms with E-state index >= 15 is 0 Å². The Hall–Kier alpha value is -1.68. The van der Waals surface area contributed by atoms with Gasteiger partial charge in [0.2, 0.25) is 0 Å². The summed E-state index contributed by atoms with van der Waals surface area (Å²) in [6, 6.07) is 8.72. The third-order valence-electron chi connectivity index (χ3n) is 3.70. The molecule has 0 radical (unpaired) electrons.